The van der Waals surface area contributed by atoms with Crippen molar-refractivity contribution < 1.29 is 9.53 Å². The van der Waals surface area contributed by atoms with E-state index >= 15 is 0 Å². The number of rotatable bonds is 5. The Morgan fingerprint density at radius 1 is 1.38 bits per heavy atom. The van der Waals surface area contributed by atoms with Crippen LogP contribution in [0, 0.1) is 5.92 Å². The molecule has 0 spiro atoms. The van der Waals surface area contributed by atoms with Crippen molar-refractivity contribution >= 4 is 5.91 Å². The van der Waals surface area contributed by atoms with E-state index in [0.717, 1.165) is 18.2 Å². The second-order valence-electron chi connectivity index (χ2n) is 6.64. The normalized spacial score (nSPS) is 20.0. The summed E-state index contributed by atoms with van der Waals surface area (Å²) in [5.41, 5.74) is 2.78. The van der Waals surface area contributed by atoms with Gasteiger partial charge in [0, 0.05) is 31.8 Å². The van der Waals surface area contributed by atoms with Crippen molar-refractivity contribution in [2.75, 3.05) is 20.3 Å². The van der Waals surface area contributed by atoms with Gasteiger partial charge in [0.25, 0.3) is 5.91 Å². The molecule has 7 nitrogen and oxygen atoms in total. The minimum atomic E-state index is -0.0339. The van der Waals surface area contributed by atoms with Gasteiger partial charge in [-0.05, 0) is 24.8 Å². The molecular weight excluding hydrogens is 306 g/mol. The molecule has 2 aromatic heterocycles. The van der Waals surface area contributed by atoms with Gasteiger partial charge < -0.3 is 14.2 Å². The highest BCUT2D eigenvalue weighted by atomic mass is 16.5. The van der Waals surface area contributed by atoms with Crippen LogP contribution < -0.4 is 0 Å². The van der Waals surface area contributed by atoms with Crippen LogP contribution in [0.25, 0.3) is 0 Å². The van der Waals surface area contributed by atoms with Gasteiger partial charge >= 0.3 is 0 Å². The van der Waals surface area contributed by atoms with E-state index in [9.17, 15) is 4.79 Å². The molecule has 1 aliphatic carbocycles. The van der Waals surface area contributed by atoms with Crippen molar-refractivity contribution in [1.29, 1.82) is 0 Å². The summed E-state index contributed by atoms with van der Waals surface area (Å²) in [6, 6.07) is 1.70. The number of amides is 1. The number of ether oxygens (including phenoxy) is 1. The fourth-order valence-corrected chi connectivity index (χ4v) is 3.43. The van der Waals surface area contributed by atoms with Gasteiger partial charge in [-0.1, -0.05) is 0 Å². The Kier molecular flexibility index (Phi) is 4.02. The molecule has 7 heteroatoms. The van der Waals surface area contributed by atoms with Crippen molar-refractivity contribution in [1.82, 2.24) is 24.6 Å². The summed E-state index contributed by atoms with van der Waals surface area (Å²) in [5, 5.41) is 7.54. The topological polar surface area (TPSA) is 73.1 Å². The molecule has 2 aliphatic rings. The highest BCUT2D eigenvalue weighted by Gasteiger charge is 2.33. The quantitative estimate of drug-likeness (QED) is 0.831. The molecule has 1 aliphatic heterocycles. The molecule has 1 saturated carbocycles. The Morgan fingerprint density at radius 3 is 2.96 bits per heavy atom. The first-order valence-corrected chi connectivity index (χ1v) is 8.35. The van der Waals surface area contributed by atoms with Gasteiger partial charge in [-0.3, -0.25) is 4.79 Å². The van der Waals surface area contributed by atoms with Crippen LogP contribution in [0.3, 0.4) is 0 Å². The van der Waals surface area contributed by atoms with Gasteiger partial charge in [-0.15, -0.1) is 0 Å². The predicted molar refractivity (Wildman–Crippen MR) is 86.3 cm³/mol. The lowest BCUT2D eigenvalue weighted by atomic mass is 9.98. The molecule has 0 aromatic carbocycles. The zero-order valence-electron chi connectivity index (χ0n) is 13.8. The molecule has 1 amide bonds. The van der Waals surface area contributed by atoms with Gasteiger partial charge in [-0.25, -0.2) is 4.98 Å². The molecule has 1 atom stereocenters. The Bertz CT molecular complexity index is 726. The maximum Gasteiger partial charge on any atom is 0.255 e. The number of hydrogen-bond donors (Lipinski definition) is 0. The molecular formula is C17H21N5O2. The van der Waals surface area contributed by atoms with Crippen LogP contribution in [0.2, 0.25) is 0 Å². The van der Waals surface area contributed by atoms with Crippen molar-refractivity contribution in [3.8, 4) is 0 Å². The summed E-state index contributed by atoms with van der Waals surface area (Å²) >= 11 is 0. The van der Waals surface area contributed by atoms with Crippen LogP contribution in [-0.4, -0.2) is 50.8 Å². The van der Waals surface area contributed by atoms with Crippen LogP contribution in [0.15, 0.2) is 24.8 Å². The van der Waals surface area contributed by atoms with Crippen molar-refractivity contribution in [3.63, 3.8) is 0 Å². The largest absolute Gasteiger partial charge is 0.384 e. The highest BCUT2D eigenvalue weighted by molar-refractivity contribution is 5.93. The maximum absolute atomic E-state index is 12.7. The lowest BCUT2D eigenvalue weighted by Gasteiger charge is -2.33. The molecule has 0 saturated heterocycles. The summed E-state index contributed by atoms with van der Waals surface area (Å²) in [7, 11) is 1.70. The smallest absolute Gasteiger partial charge is 0.255 e. The first-order valence-electron chi connectivity index (χ1n) is 8.35. The monoisotopic (exact) mass is 327 g/mol. The molecule has 0 unspecified atom stereocenters. The Balaban J connectivity index is 1.60. The van der Waals surface area contributed by atoms with E-state index in [4.69, 9.17) is 4.74 Å². The summed E-state index contributed by atoms with van der Waals surface area (Å²) in [6.45, 7) is 2.79. The molecule has 1 fully saturated rings. The third kappa shape index (κ3) is 2.91. The first-order chi connectivity index (χ1) is 11.8. The van der Waals surface area contributed by atoms with E-state index in [-0.39, 0.29) is 11.8 Å². The van der Waals surface area contributed by atoms with Crippen LogP contribution in [0.4, 0.5) is 0 Å². The number of nitrogens with zero attached hydrogens (tertiary/aromatic N) is 5. The summed E-state index contributed by atoms with van der Waals surface area (Å²) in [6.07, 6.45) is 7.59. The fraction of sp³-hybridized carbons (Fsp3) is 0.529. The number of imidazole rings is 1. The fourth-order valence-electron chi connectivity index (χ4n) is 3.43. The SMILES string of the molecule is COC[C@@H]1CN(C(=O)c2ccnnc2)Cc2ncn(CC3CC3)c21. The average molecular weight is 327 g/mol. The van der Waals surface area contributed by atoms with E-state index in [0.29, 0.717) is 25.3 Å². The van der Waals surface area contributed by atoms with Gasteiger partial charge in [0.05, 0.1) is 43.1 Å². The minimum Gasteiger partial charge on any atom is -0.384 e. The molecule has 4 rings (SSSR count). The molecule has 3 heterocycles. The number of carbonyl (C=O) groups excluding carboxylic acids is 1. The van der Waals surface area contributed by atoms with Gasteiger partial charge in [0.15, 0.2) is 0 Å². The standard InChI is InChI=1S/C17H21N5O2/c1-24-10-14-8-21(17(23)13-4-5-19-20-6-13)9-15-16(14)22(11-18-15)7-12-2-3-12/h4-6,11-12,14H,2-3,7-10H2,1H3/t14-/m0/s1. The molecule has 2 aromatic rings. The highest BCUT2D eigenvalue weighted by Crippen LogP contribution is 2.34. The van der Waals surface area contributed by atoms with Crippen molar-refractivity contribution in [2.45, 2.75) is 31.8 Å². The molecule has 0 bridgehead atoms. The molecule has 0 N–H and O–H groups in total. The van der Waals surface area contributed by atoms with Gasteiger partial charge in [0.2, 0.25) is 0 Å². The number of methoxy groups -OCH3 is 1. The van der Waals surface area contributed by atoms with E-state index in [1.807, 2.05) is 11.2 Å². The van der Waals surface area contributed by atoms with Crippen LogP contribution >= 0.6 is 0 Å². The average Bonchev–Trinajstić information content (AvgIpc) is 3.34. The third-order valence-corrected chi connectivity index (χ3v) is 4.76. The van der Waals surface area contributed by atoms with Crippen LogP contribution in [-0.2, 0) is 17.8 Å². The number of fused-ring (bicyclic) bond motifs is 1. The van der Waals surface area contributed by atoms with Crippen molar-refractivity contribution in [2.24, 2.45) is 5.92 Å². The minimum absolute atomic E-state index is 0.0339. The van der Waals surface area contributed by atoms with E-state index < -0.39 is 0 Å². The lowest BCUT2D eigenvalue weighted by molar-refractivity contribution is 0.0671. The molecule has 126 valence electrons. The number of aromatic nitrogens is 4. The molecule has 24 heavy (non-hydrogen) atoms. The second-order valence-corrected chi connectivity index (χ2v) is 6.64. The Hall–Kier alpha value is -2.28. The summed E-state index contributed by atoms with van der Waals surface area (Å²) < 4.78 is 7.69. The van der Waals surface area contributed by atoms with Crippen LogP contribution in [0.5, 0.6) is 0 Å². The van der Waals surface area contributed by atoms with Gasteiger partial charge in [0.1, 0.15) is 0 Å². The Morgan fingerprint density at radius 2 is 2.25 bits per heavy atom. The zero-order chi connectivity index (χ0) is 16.5. The van der Waals surface area contributed by atoms with E-state index in [1.54, 1.807) is 19.4 Å². The summed E-state index contributed by atoms with van der Waals surface area (Å²) in [4.78, 5) is 19.1. The van der Waals surface area contributed by atoms with E-state index in [1.165, 1.54) is 24.7 Å². The summed E-state index contributed by atoms with van der Waals surface area (Å²) in [5.74, 6) is 0.904. The van der Waals surface area contributed by atoms with Crippen LogP contribution in [0.1, 0.15) is 40.5 Å². The predicted octanol–water partition coefficient (Wildman–Crippen LogP) is 1.47. The zero-order valence-corrected chi connectivity index (χ0v) is 13.8. The maximum atomic E-state index is 12.7. The third-order valence-electron chi connectivity index (χ3n) is 4.76. The first kappa shape index (κ1) is 15.3. The molecule has 0 radical (unpaired) electrons. The Labute approximate surface area is 140 Å². The van der Waals surface area contributed by atoms with Gasteiger partial charge in [-0.2, -0.15) is 10.2 Å². The number of carbonyl (C=O) groups is 1. The second kappa shape index (κ2) is 6.32. The lowest BCUT2D eigenvalue weighted by Crippen LogP contribution is -2.40. The van der Waals surface area contributed by atoms with E-state index in [2.05, 4.69) is 19.7 Å². The van der Waals surface area contributed by atoms with Crippen molar-refractivity contribution in [3.05, 3.63) is 41.7 Å². The number of hydrogen-bond acceptors (Lipinski definition) is 5.